The van der Waals surface area contributed by atoms with E-state index < -0.39 is 36.4 Å². The summed E-state index contributed by atoms with van der Waals surface area (Å²) >= 11 is 0. The van der Waals surface area contributed by atoms with Crippen molar-refractivity contribution in [2.45, 2.75) is 84.3 Å². The van der Waals surface area contributed by atoms with E-state index >= 15 is 0 Å². The fraction of sp³-hybridized carbons (Fsp3) is 0.517. The molecule has 0 bridgehead atoms. The predicted octanol–water partition coefficient (Wildman–Crippen LogP) is 3.78. The Morgan fingerprint density at radius 3 is 2.13 bits per heavy atom. The highest BCUT2D eigenvalue weighted by atomic mass is 16.7. The van der Waals surface area contributed by atoms with Gasteiger partial charge in [0.1, 0.15) is 5.75 Å². The van der Waals surface area contributed by atoms with Gasteiger partial charge in [-0.1, -0.05) is 30.3 Å². The Labute approximate surface area is 226 Å². The number of hydrogen-bond donors (Lipinski definition) is 1. The van der Waals surface area contributed by atoms with Crippen LogP contribution in [0.15, 0.2) is 42.5 Å². The lowest BCUT2D eigenvalue weighted by molar-refractivity contribution is -0.159. The Kier molecular flexibility index (Phi) is 9.41. The first-order valence-electron chi connectivity index (χ1n) is 13.0. The van der Waals surface area contributed by atoms with Gasteiger partial charge in [0.05, 0.1) is 37.1 Å². The van der Waals surface area contributed by atoms with E-state index in [0.29, 0.717) is 16.9 Å². The highest BCUT2D eigenvalue weighted by Crippen LogP contribution is 2.36. The number of ether oxygens (including phenoxy) is 3. The lowest BCUT2D eigenvalue weighted by atomic mass is 9.78. The molecule has 0 aliphatic carbocycles. The molecule has 0 spiro atoms. The number of rotatable bonds is 11. The van der Waals surface area contributed by atoms with E-state index in [4.69, 9.17) is 29.3 Å². The minimum Gasteiger partial charge on any atom is -0.496 e. The minimum absolute atomic E-state index is 0.161. The molecule has 8 nitrogen and oxygen atoms in total. The van der Waals surface area contributed by atoms with Crippen LogP contribution in [0.25, 0.3) is 0 Å². The summed E-state index contributed by atoms with van der Waals surface area (Å²) in [7, 11) is 1.01. The first-order chi connectivity index (χ1) is 17.8. The second kappa shape index (κ2) is 12.0. The zero-order valence-corrected chi connectivity index (χ0v) is 23.7. The molecule has 9 heteroatoms. The predicted molar refractivity (Wildman–Crippen MR) is 147 cm³/mol. The highest BCUT2D eigenvalue weighted by Gasteiger charge is 2.51. The molecule has 206 valence electrons. The van der Waals surface area contributed by atoms with Crippen LogP contribution in [0.4, 0.5) is 0 Å². The number of methoxy groups -OCH3 is 1. The molecule has 0 aromatic heterocycles. The second-order valence-electron chi connectivity index (χ2n) is 10.8. The third kappa shape index (κ3) is 6.64. The number of nitrogens with two attached hydrogens (primary N) is 1. The second-order valence-corrected chi connectivity index (χ2v) is 10.8. The molecular formula is C29H40BNO7. The summed E-state index contributed by atoms with van der Waals surface area (Å²) < 4.78 is 28.7. The molecule has 38 heavy (non-hydrogen) atoms. The van der Waals surface area contributed by atoms with E-state index in [1.54, 1.807) is 31.2 Å². The molecule has 1 heterocycles. The summed E-state index contributed by atoms with van der Waals surface area (Å²) in [5.74, 6) is -0.205. The highest BCUT2D eigenvalue weighted by molar-refractivity contribution is 6.62. The molecule has 2 unspecified atom stereocenters. The van der Waals surface area contributed by atoms with Crippen molar-refractivity contribution in [2.24, 2.45) is 5.73 Å². The molecule has 1 saturated heterocycles. The molecule has 2 N–H and O–H groups in total. The smallest absolute Gasteiger partial charge is 0.494 e. The Morgan fingerprint density at radius 2 is 1.61 bits per heavy atom. The van der Waals surface area contributed by atoms with Gasteiger partial charge in [-0.15, -0.1) is 0 Å². The van der Waals surface area contributed by atoms with Gasteiger partial charge < -0.3 is 29.3 Å². The Bertz CT molecular complexity index is 1110. The van der Waals surface area contributed by atoms with Crippen molar-refractivity contribution in [3.05, 3.63) is 59.2 Å². The number of esters is 1. The molecule has 0 radical (unpaired) electrons. The van der Waals surface area contributed by atoms with Crippen LogP contribution in [0.3, 0.4) is 0 Å². The Morgan fingerprint density at radius 1 is 1.00 bits per heavy atom. The first kappa shape index (κ1) is 29.8. The van der Waals surface area contributed by atoms with Crippen LogP contribution in [0.5, 0.6) is 5.75 Å². The molecule has 3 rings (SSSR count). The van der Waals surface area contributed by atoms with Gasteiger partial charge in [0.15, 0.2) is 11.9 Å². The molecule has 1 fully saturated rings. The molecule has 0 saturated carbocycles. The first-order valence-corrected chi connectivity index (χ1v) is 13.0. The summed E-state index contributed by atoms with van der Waals surface area (Å²) in [6.45, 7) is 13.7. The van der Waals surface area contributed by atoms with Crippen LogP contribution in [0, 0.1) is 0 Å². The lowest BCUT2D eigenvalue weighted by Crippen LogP contribution is -2.41. The van der Waals surface area contributed by atoms with Crippen LogP contribution in [0.2, 0.25) is 0 Å². The number of carbonyl (C=O) groups excluding carboxylic acids is 2. The standard InChI is InChI=1S/C29H40BNO7/c1-9-35-27(33)24(36-18(2)3)17-19-10-15-23(34-8)22(16-19)25(31)26(32)20-11-13-21(14-12-20)30-37-28(4,5)29(6,7)38-30/h10-16,18,24-25H,9,17,31H2,1-8H3. The summed E-state index contributed by atoms with van der Waals surface area (Å²) in [5.41, 5.74) is 8.13. The number of benzene rings is 2. The average Bonchev–Trinajstić information content (AvgIpc) is 3.09. The summed E-state index contributed by atoms with van der Waals surface area (Å²) in [6, 6.07) is 11.5. The van der Waals surface area contributed by atoms with E-state index in [9.17, 15) is 9.59 Å². The summed E-state index contributed by atoms with van der Waals surface area (Å²) in [4.78, 5) is 25.8. The minimum atomic E-state index is -0.973. The topological polar surface area (TPSA) is 106 Å². The van der Waals surface area contributed by atoms with Crippen LogP contribution in [-0.2, 0) is 30.0 Å². The van der Waals surface area contributed by atoms with Crippen molar-refractivity contribution in [1.82, 2.24) is 0 Å². The van der Waals surface area contributed by atoms with Crippen LogP contribution >= 0.6 is 0 Å². The maximum absolute atomic E-state index is 13.4. The SMILES string of the molecule is CCOC(=O)C(Cc1ccc(OC)c(C(N)C(=O)c2ccc(B3OC(C)(C)C(C)(C)O3)cc2)c1)OC(C)C. The Hall–Kier alpha value is -2.72. The van der Waals surface area contributed by atoms with Gasteiger partial charge in [-0.2, -0.15) is 0 Å². The summed E-state index contributed by atoms with van der Waals surface area (Å²) in [5, 5.41) is 0. The van der Waals surface area contributed by atoms with Crippen molar-refractivity contribution >= 4 is 24.3 Å². The van der Waals surface area contributed by atoms with Gasteiger partial charge in [0.25, 0.3) is 0 Å². The Balaban J connectivity index is 1.81. The van der Waals surface area contributed by atoms with Crippen LogP contribution in [-0.4, -0.2) is 56.0 Å². The van der Waals surface area contributed by atoms with Gasteiger partial charge in [-0.25, -0.2) is 4.79 Å². The fourth-order valence-electron chi connectivity index (χ4n) is 4.22. The van der Waals surface area contributed by atoms with Crippen molar-refractivity contribution in [2.75, 3.05) is 13.7 Å². The van der Waals surface area contributed by atoms with Gasteiger partial charge in [-0.3, -0.25) is 4.79 Å². The number of ketones is 1. The van der Waals surface area contributed by atoms with Crippen LogP contribution in [0.1, 0.15) is 76.0 Å². The molecule has 1 aliphatic heterocycles. The molecular weight excluding hydrogens is 485 g/mol. The van der Waals surface area contributed by atoms with E-state index in [2.05, 4.69) is 0 Å². The fourth-order valence-corrected chi connectivity index (χ4v) is 4.22. The number of hydrogen-bond acceptors (Lipinski definition) is 8. The van der Waals surface area contributed by atoms with Crippen molar-refractivity contribution in [3.8, 4) is 5.75 Å². The lowest BCUT2D eigenvalue weighted by Gasteiger charge is -2.32. The third-order valence-electron chi connectivity index (χ3n) is 7.04. The van der Waals surface area contributed by atoms with Crippen molar-refractivity contribution in [1.29, 1.82) is 0 Å². The monoisotopic (exact) mass is 525 g/mol. The number of carbonyl (C=O) groups is 2. The van der Waals surface area contributed by atoms with Gasteiger partial charge in [-0.05, 0) is 71.6 Å². The zero-order valence-electron chi connectivity index (χ0n) is 23.7. The third-order valence-corrected chi connectivity index (χ3v) is 7.04. The van der Waals surface area contributed by atoms with E-state index in [1.807, 2.05) is 59.7 Å². The quantitative estimate of drug-likeness (QED) is 0.269. The van der Waals surface area contributed by atoms with E-state index in [0.717, 1.165) is 11.0 Å². The largest absolute Gasteiger partial charge is 0.496 e. The zero-order chi connectivity index (χ0) is 28.3. The number of Topliss-reactive ketones (excluding diaryl/α,β-unsaturated/α-hetero) is 1. The molecule has 2 aromatic rings. The van der Waals surface area contributed by atoms with Gasteiger partial charge >= 0.3 is 13.1 Å². The van der Waals surface area contributed by atoms with Crippen molar-refractivity contribution in [3.63, 3.8) is 0 Å². The maximum Gasteiger partial charge on any atom is 0.494 e. The molecule has 1 aliphatic rings. The van der Waals surface area contributed by atoms with Gasteiger partial charge in [0, 0.05) is 17.5 Å². The summed E-state index contributed by atoms with van der Waals surface area (Å²) in [6.07, 6.45) is -0.658. The van der Waals surface area contributed by atoms with Gasteiger partial charge in [0.2, 0.25) is 0 Å². The van der Waals surface area contributed by atoms with E-state index in [1.165, 1.54) is 7.11 Å². The average molecular weight is 525 g/mol. The van der Waals surface area contributed by atoms with Crippen molar-refractivity contribution < 1.29 is 33.1 Å². The molecule has 0 amide bonds. The normalized spacial score (nSPS) is 17.8. The maximum atomic E-state index is 13.4. The molecule has 2 aromatic carbocycles. The van der Waals surface area contributed by atoms with E-state index in [-0.39, 0.29) is 24.9 Å². The molecule has 2 atom stereocenters. The van der Waals surface area contributed by atoms with Crippen LogP contribution < -0.4 is 15.9 Å².